The van der Waals surface area contributed by atoms with Gasteiger partial charge in [-0.3, -0.25) is 9.80 Å². The van der Waals surface area contributed by atoms with Crippen molar-refractivity contribution in [1.29, 1.82) is 0 Å². The van der Waals surface area contributed by atoms with Gasteiger partial charge in [0.25, 0.3) is 0 Å². The summed E-state index contributed by atoms with van der Waals surface area (Å²) in [5, 5.41) is 8.86. The molecule has 0 atom stereocenters. The topological polar surface area (TPSA) is 26.7 Å². The van der Waals surface area contributed by atoms with Gasteiger partial charge in [0.05, 0.1) is 0 Å². The molecule has 1 heterocycles. The van der Waals surface area contributed by atoms with Gasteiger partial charge in [0, 0.05) is 43.8 Å². The minimum Gasteiger partial charge on any atom is -0.384 e. The predicted octanol–water partition coefficient (Wildman–Crippen LogP) is 1.95. The van der Waals surface area contributed by atoms with Gasteiger partial charge in [-0.1, -0.05) is 30.0 Å². The summed E-state index contributed by atoms with van der Waals surface area (Å²) in [5.41, 5.74) is 2.55. The van der Waals surface area contributed by atoms with Crippen LogP contribution in [0.4, 0.5) is 0 Å². The van der Waals surface area contributed by atoms with Crippen LogP contribution >= 0.6 is 0 Å². The van der Waals surface area contributed by atoms with Crippen molar-refractivity contribution >= 4 is 0 Å². The Bertz CT molecular complexity index is 514. The molecular formula is C18H26N2O. The van der Waals surface area contributed by atoms with E-state index in [-0.39, 0.29) is 12.1 Å². The average Bonchev–Trinajstić information content (AvgIpc) is 2.46. The normalized spacial score (nSPS) is 17.3. The maximum Gasteiger partial charge on any atom is 0.104 e. The molecule has 21 heavy (non-hydrogen) atoms. The Morgan fingerprint density at radius 1 is 1.10 bits per heavy atom. The molecular weight excluding hydrogens is 260 g/mol. The fourth-order valence-corrected chi connectivity index (χ4v) is 2.73. The molecule has 1 aromatic rings. The van der Waals surface area contributed by atoms with Crippen molar-refractivity contribution in [3.05, 3.63) is 35.4 Å². The highest BCUT2D eigenvalue weighted by Crippen LogP contribution is 2.18. The van der Waals surface area contributed by atoms with Crippen LogP contribution in [0.1, 0.15) is 31.9 Å². The molecule has 0 saturated carbocycles. The number of rotatable bonds is 2. The first-order valence-electron chi connectivity index (χ1n) is 7.66. The van der Waals surface area contributed by atoms with E-state index in [0.717, 1.165) is 38.3 Å². The number of hydrogen-bond acceptors (Lipinski definition) is 3. The van der Waals surface area contributed by atoms with E-state index in [4.69, 9.17) is 5.11 Å². The SMILES string of the molecule is CC(C)(C)N1CCN(Cc2ccccc2C#CCO)CC1. The van der Waals surface area contributed by atoms with E-state index in [1.165, 1.54) is 5.56 Å². The van der Waals surface area contributed by atoms with Crippen molar-refractivity contribution in [2.75, 3.05) is 32.8 Å². The first-order chi connectivity index (χ1) is 10.0. The molecule has 1 N–H and O–H groups in total. The Hall–Kier alpha value is -1.34. The second-order valence-electron chi connectivity index (χ2n) is 6.55. The molecule has 1 aromatic carbocycles. The van der Waals surface area contributed by atoms with Gasteiger partial charge in [-0.25, -0.2) is 0 Å². The van der Waals surface area contributed by atoms with Crippen LogP contribution < -0.4 is 0 Å². The summed E-state index contributed by atoms with van der Waals surface area (Å²) in [6.45, 7) is 12.1. The van der Waals surface area contributed by atoms with Crippen LogP contribution in [-0.2, 0) is 6.54 Å². The lowest BCUT2D eigenvalue weighted by molar-refractivity contribution is 0.0590. The third kappa shape index (κ3) is 4.57. The highest BCUT2D eigenvalue weighted by Gasteiger charge is 2.25. The summed E-state index contributed by atoms with van der Waals surface area (Å²) in [4.78, 5) is 5.03. The molecule has 0 aromatic heterocycles. The highest BCUT2D eigenvalue weighted by molar-refractivity contribution is 5.41. The summed E-state index contributed by atoms with van der Waals surface area (Å²) in [6, 6.07) is 8.23. The zero-order chi connectivity index (χ0) is 15.3. The average molecular weight is 286 g/mol. The Labute approximate surface area is 128 Å². The van der Waals surface area contributed by atoms with E-state index in [2.05, 4.69) is 54.5 Å². The molecule has 0 aliphatic carbocycles. The van der Waals surface area contributed by atoms with E-state index in [9.17, 15) is 0 Å². The minimum atomic E-state index is -0.0847. The third-order valence-corrected chi connectivity index (χ3v) is 4.03. The van der Waals surface area contributed by atoms with E-state index < -0.39 is 0 Å². The van der Waals surface area contributed by atoms with E-state index in [1.807, 2.05) is 12.1 Å². The van der Waals surface area contributed by atoms with Crippen LogP contribution in [0.25, 0.3) is 0 Å². The number of nitrogens with zero attached hydrogens (tertiary/aromatic N) is 2. The van der Waals surface area contributed by atoms with Crippen molar-refractivity contribution in [3.63, 3.8) is 0 Å². The van der Waals surface area contributed by atoms with Crippen LogP contribution in [0.2, 0.25) is 0 Å². The largest absolute Gasteiger partial charge is 0.384 e. The zero-order valence-corrected chi connectivity index (χ0v) is 13.4. The predicted molar refractivity (Wildman–Crippen MR) is 87.0 cm³/mol. The lowest BCUT2D eigenvalue weighted by atomic mass is 10.0. The van der Waals surface area contributed by atoms with Crippen molar-refractivity contribution in [3.8, 4) is 11.8 Å². The quantitative estimate of drug-likeness (QED) is 0.842. The van der Waals surface area contributed by atoms with E-state index in [0.29, 0.717) is 0 Å². The number of benzene rings is 1. The first kappa shape index (κ1) is 16.0. The van der Waals surface area contributed by atoms with Gasteiger partial charge in [0.2, 0.25) is 0 Å². The van der Waals surface area contributed by atoms with E-state index in [1.54, 1.807) is 0 Å². The molecule has 1 saturated heterocycles. The van der Waals surface area contributed by atoms with E-state index >= 15 is 0 Å². The summed E-state index contributed by atoms with van der Waals surface area (Å²) in [5.74, 6) is 5.80. The zero-order valence-electron chi connectivity index (χ0n) is 13.4. The summed E-state index contributed by atoms with van der Waals surface area (Å²) in [7, 11) is 0. The fraction of sp³-hybridized carbons (Fsp3) is 0.556. The van der Waals surface area contributed by atoms with Crippen LogP contribution in [-0.4, -0.2) is 53.2 Å². The first-order valence-corrected chi connectivity index (χ1v) is 7.66. The van der Waals surface area contributed by atoms with Gasteiger partial charge in [-0.15, -0.1) is 0 Å². The Kier molecular flexibility index (Phi) is 5.41. The second-order valence-corrected chi connectivity index (χ2v) is 6.55. The maximum atomic E-state index is 8.86. The van der Waals surface area contributed by atoms with Crippen LogP contribution in [0.3, 0.4) is 0 Å². The lowest BCUT2D eigenvalue weighted by Gasteiger charge is -2.42. The molecule has 0 radical (unpaired) electrons. The smallest absolute Gasteiger partial charge is 0.104 e. The van der Waals surface area contributed by atoms with Crippen molar-refractivity contribution < 1.29 is 5.11 Å². The van der Waals surface area contributed by atoms with Crippen LogP contribution in [0.5, 0.6) is 0 Å². The second kappa shape index (κ2) is 7.09. The molecule has 0 amide bonds. The molecule has 2 rings (SSSR count). The number of aliphatic hydroxyl groups excluding tert-OH is 1. The number of aliphatic hydroxyl groups is 1. The van der Waals surface area contributed by atoms with Crippen LogP contribution in [0, 0.1) is 11.8 Å². The Morgan fingerprint density at radius 3 is 2.38 bits per heavy atom. The Balaban J connectivity index is 1.98. The molecule has 3 nitrogen and oxygen atoms in total. The van der Waals surface area contributed by atoms with Crippen molar-refractivity contribution in [2.45, 2.75) is 32.9 Å². The lowest BCUT2D eigenvalue weighted by Crippen LogP contribution is -2.53. The summed E-state index contributed by atoms with van der Waals surface area (Å²) >= 11 is 0. The Morgan fingerprint density at radius 2 is 1.76 bits per heavy atom. The number of hydrogen-bond donors (Lipinski definition) is 1. The molecule has 3 heteroatoms. The molecule has 0 spiro atoms. The molecule has 0 unspecified atom stereocenters. The van der Waals surface area contributed by atoms with Crippen molar-refractivity contribution in [2.24, 2.45) is 0 Å². The molecule has 1 fully saturated rings. The van der Waals surface area contributed by atoms with Crippen LogP contribution in [0.15, 0.2) is 24.3 Å². The van der Waals surface area contributed by atoms with Gasteiger partial charge in [0.15, 0.2) is 0 Å². The summed E-state index contributed by atoms with van der Waals surface area (Å²) in [6.07, 6.45) is 0. The standard InChI is InChI=1S/C18H26N2O/c1-18(2,3)20-12-10-19(11-13-20)15-17-8-5-4-7-16(17)9-6-14-21/h4-5,7-8,21H,10-15H2,1-3H3. The van der Waals surface area contributed by atoms with Gasteiger partial charge in [-0.05, 0) is 32.4 Å². The summed E-state index contributed by atoms with van der Waals surface area (Å²) < 4.78 is 0. The maximum absolute atomic E-state index is 8.86. The van der Waals surface area contributed by atoms with Gasteiger partial charge >= 0.3 is 0 Å². The molecule has 0 bridgehead atoms. The van der Waals surface area contributed by atoms with Gasteiger partial charge < -0.3 is 5.11 Å². The van der Waals surface area contributed by atoms with Crippen molar-refractivity contribution in [1.82, 2.24) is 9.80 Å². The number of piperazine rings is 1. The highest BCUT2D eigenvalue weighted by atomic mass is 16.2. The fourth-order valence-electron chi connectivity index (χ4n) is 2.73. The molecule has 1 aliphatic rings. The minimum absolute atomic E-state index is 0.0847. The third-order valence-electron chi connectivity index (χ3n) is 4.03. The van der Waals surface area contributed by atoms with Gasteiger partial charge in [-0.2, -0.15) is 0 Å². The molecule has 114 valence electrons. The van der Waals surface area contributed by atoms with Gasteiger partial charge in [0.1, 0.15) is 6.61 Å². The monoisotopic (exact) mass is 286 g/mol. The molecule has 1 aliphatic heterocycles.